The summed E-state index contributed by atoms with van der Waals surface area (Å²) in [6, 6.07) is 0. The van der Waals surface area contributed by atoms with E-state index in [0.717, 1.165) is 30.4 Å². The first-order valence-electron chi connectivity index (χ1n) is 6.90. The predicted molar refractivity (Wildman–Crippen MR) is 72.2 cm³/mol. The van der Waals surface area contributed by atoms with E-state index in [0.29, 0.717) is 0 Å². The Balaban J connectivity index is 1.69. The van der Waals surface area contributed by atoms with E-state index in [1.54, 1.807) is 11.3 Å². The maximum absolute atomic E-state index is 4.28. The molecule has 1 heterocycles. The third-order valence-electron chi connectivity index (χ3n) is 3.45. The molecule has 0 saturated heterocycles. The van der Waals surface area contributed by atoms with E-state index in [-0.39, 0.29) is 0 Å². The average Bonchev–Trinajstić information content (AvgIpc) is 2.98. The van der Waals surface area contributed by atoms with Crippen molar-refractivity contribution in [1.29, 1.82) is 0 Å². The van der Waals surface area contributed by atoms with Gasteiger partial charge in [0.05, 0.1) is 0 Å². The average molecular weight is 253 g/mol. The van der Waals surface area contributed by atoms with Crippen molar-refractivity contribution in [3.05, 3.63) is 10.0 Å². The molecule has 17 heavy (non-hydrogen) atoms. The molecule has 1 aromatic heterocycles. The van der Waals surface area contributed by atoms with Gasteiger partial charge in [-0.2, -0.15) is 0 Å². The monoisotopic (exact) mass is 253 g/mol. The van der Waals surface area contributed by atoms with Crippen LogP contribution in [0.4, 0.5) is 0 Å². The lowest BCUT2D eigenvalue weighted by Gasteiger charge is -2.05. The SMILES string of the molecule is CCCNCc1nnc(CCC2CCCC2)s1. The van der Waals surface area contributed by atoms with E-state index < -0.39 is 0 Å². The summed E-state index contributed by atoms with van der Waals surface area (Å²) in [5.41, 5.74) is 0. The minimum absolute atomic E-state index is 0.884. The van der Waals surface area contributed by atoms with Crippen LogP contribution in [0.25, 0.3) is 0 Å². The van der Waals surface area contributed by atoms with Crippen LogP contribution in [0, 0.1) is 5.92 Å². The molecule has 4 heteroatoms. The molecule has 0 aliphatic heterocycles. The van der Waals surface area contributed by atoms with Crippen molar-refractivity contribution in [2.24, 2.45) is 5.92 Å². The normalized spacial score (nSPS) is 16.8. The molecular formula is C13H23N3S. The van der Waals surface area contributed by atoms with Crippen LogP contribution in [0.15, 0.2) is 0 Å². The highest BCUT2D eigenvalue weighted by molar-refractivity contribution is 7.11. The van der Waals surface area contributed by atoms with Crippen molar-refractivity contribution in [2.45, 2.75) is 58.4 Å². The van der Waals surface area contributed by atoms with Gasteiger partial charge in [0.15, 0.2) is 0 Å². The second-order valence-electron chi connectivity index (χ2n) is 4.96. The number of aryl methyl sites for hydroxylation is 1. The number of hydrogen-bond acceptors (Lipinski definition) is 4. The first kappa shape index (κ1) is 13.0. The Morgan fingerprint density at radius 1 is 1.24 bits per heavy atom. The molecule has 1 aliphatic rings. The van der Waals surface area contributed by atoms with Crippen LogP contribution >= 0.6 is 11.3 Å². The minimum Gasteiger partial charge on any atom is -0.310 e. The highest BCUT2D eigenvalue weighted by atomic mass is 32.1. The fraction of sp³-hybridized carbons (Fsp3) is 0.846. The van der Waals surface area contributed by atoms with Gasteiger partial charge in [0.25, 0.3) is 0 Å². The molecule has 0 bridgehead atoms. The molecule has 0 amide bonds. The van der Waals surface area contributed by atoms with E-state index in [1.807, 2.05) is 0 Å². The van der Waals surface area contributed by atoms with Crippen molar-refractivity contribution in [2.75, 3.05) is 6.54 Å². The zero-order valence-corrected chi connectivity index (χ0v) is 11.6. The Kier molecular flexibility index (Phi) is 5.39. The summed E-state index contributed by atoms with van der Waals surface area (Å²) >= 11 is 1.78. The van der Waals surface area contributed by atoms with Crippen molar-refractivity contribution in [3.63, 3.8) is 0 Å². The summed E-state index contributed by atoms with van der Waals surface area (Å²) in [6.45, 7) is 4.13. The second kappa shape index (κ2) is 7.07. The number of hydrogen-bond donors (Lipinski definition) is 1. The standard InChI is InChI=1S/C13H23N3S/c1-2-9-14-10-13-16-15-12(17-13)8-7-11-5-3-4-6-11/h11,14H,2-10H2,1H3. The molecule has 1 saturated carbocycles. The number of nitrogens with one attached hydrogen (secondary N) is 1. The molecule has 1 aromatic rings. The van der Waals surface area contributed by atoms with Crippen LogP contribution in [0.3, 0.4) is 0 Å². The minimum atomic E-state index is 0.884. The van der Waals surface area contributed by atoms with Crippen LogP contribution in [-0.4, -0.2) is 16.7 Å². The van der Waals surface area contributed by atoms with E-state index in [2.05, 4.69) is 22.4 Å². The Morgan fingerprint density at radius 2 is 2.00 bits per heavy atom. The van der Waals surface area contributed by atoms with E-state index in [1.165, 1.54) is 43.5 Å². The Hall–Kier alpha value is -0.480. The zero-order valence-electron chi connectivity index (χ0n) is 10.7. The third-order valence-corrected chi connectivity index (χ3v) is 4.44. The van der Waals surface area contributed by atoms with E-state index in [4.69, 9.17) is 0 Å². The predicted octanol–water partition coefficient (Wildman–Crippen LogP) is 3.16. The molecule has 96 valence electrons. The molecule has 0 spiro atoms. The Morgan fingerprint density at radius 3 is 2.76 bits per heavy atom. The summed E-state index contributed by atoms with van der Waals surface area (Å²) in [4.78, 5) is 0. The second-order valence-corrected chi connectivity index (χ2v) is 6.10. The molecule has 0 unspecified atom stereocenters. The van der Waals surface area contributed by atoms with Gasteiger partial charge < -0.3 is 5.32 Å². The molecule has 0 aromatic carbocycles. The van der Waals surface area contributed by atoms with Crippen molar-refractivity contribution >= 4 is 11.3 Å². The van der Waals surface area contributed by atoms with Gasteiger partial charge in [-0.15, -0.1) is 21.5 Å². The highest BCUT2D eigenvalue weighted by Crippen LogP contribution is 2.29. The summed E-state index contributed by atoms with van der Waals surface area (Å²) in [7, 11) is 0. The van der Waals surface area contributed by atoms with Crippen molar-refractivity contribution in [1.82, 2.24) is 15.5 Å². The van der Waals surface area contributed by atoms with Gasteiger partial charge in [-0.1, -0.05) is 32.6 Å². The van der Waals surface area contributed by atoms with Gasteiger partial charge in [-0.3, -0.25) is 0 Å². The smallest absolute Gasteiger partial charge is 0.131 e. The Bertz CT molecular complexity index is 318. The Labute approximate surface area is 108 Å². The summed E-state index contributed by atoms with van der Waals surface area (Å²) in [6.07, 6.45) is 9.37. The van der Waals surface area contributed by atoms with Crippen LogP contribution < -0.4 is 5.32 Å². The van der Waals surface area contributed by atoms with Crippen LogP contribution in [0.2, 0.25) is 0 Å². The quantitative estimate of drug-likeness (QED) is 0.759. The van der Waals surface area contributed by atoms with Gasteiger partial charge in [-0.25, -0.2) is 0 Å². The lowest BCUT2D eigenvalue weighted by Crippen LogP contribution is -2.13. The molecule has 1 N–H and O–H groups in total. The fourth-order valence-corrected chi connectivity index (χ4v) is 3.29. The number of rotatable bonds is 7. The number of nitrogens with zero attached hydrogens (tertiary/aromatic N) is 2. The summed E-state index contributed by atoms with van der Waals surface area (Å²) < 4.78 is 0. The molecule has 1 aliphatic carbocycles. The van der Waals surface area contributed by atoms with Gasteiger partial charge in [0.1, 0.15) is 10.0 Å². The first-order chi connectivity index (χ1) is 8.38. The van der Waals surface area contributed by atoms with Crippen LogP contribution in [-0.2, 0) is 13.0 Å². The van der Waals surface area contributed by atoms with Gasteiger partial charge >= 0.3 is 0 Å². The van der Waals surface area contributed by atoms with Crippen LogP contribution in [0.5, 0.6) is 0 Å². The topological polar surface area (TPSA) is 37.8 Å². The summed E-state index contributed by atoms with van der Waals surface area (Å²) in [5, 5.41) is 14.3. The maximum atomic E-state index is 4.28. The lowest BCUT2D eigenvalue weighted by molar-refractivity contribution is 0.502. The highest BCUT2D eigenvalue weighted by Gasteiger charge is 2.15. The molecule has 2 rings (SSSR count). The molecule has 3 nitrogen and oxygen atoms in total. The summed E-state index contributed by atoms with van der Waals surface area (Å²) in [5.74, 6) is 0.959. The largest absolute Gasteiger partial charge is 0.310 e. The van der Waals surface area contributed by atoms with Gasteiger partial charge in [0, 0.05) is 13.0 Å². The number of aromatic nitrogens is 2. The molecule has 0 atom stereocenters. The molecule has 0 radical (unpaired) electrons. The first-order valence-corrected chi connectivity index (χ1v) is 7.72. The van der Waals surface area contributed by atoms with Crippen molar-refractivity contribution < 1.29 is 0 Å². The maximum Gasteiger partial charge on any atom is 0.131 e. The molecular weight excluding hydrogens is 230 g/mol. The third kappa shape index (κ3) is 4.36. The van der Waals surface area contributed by atoms with E-state index in [9.17, 15) is 0 Å². The lowest BCUT2D eigenvalue weighted by atomic mass is 10.0. The fourth-order valence-electron chi connectivity index (χ4n) is 2.46. The van der Waals surface area contributed by atoms with E-state index >= 15 is 0 Å². The molecule has 1 fully saturated rings. The zero-order chi connectivity index (χ0) is 11.9. The van der Waals surface area contributed by atoms with Gasteiger partial charge in [-0.05, 0) is 25.3 Å². The van der Waals surface area contributed by atoms with Crippen LogP contribution in [0.1, 0.15) is 55.5 Å². The van der Waals surface area contributed by atoms with Crippen molar-refractivity contribution in [3.8, 4) is 0 Å². The van der Waals surface area contributed by atoms with Gasteiger partial charge in [0.2, 0.25) is 0 Å².